The predicted octanol–water partition coefficient (Wildman–Crippen LogP) is 2.15. The molecule has 45 heavy (non-hydrogen) atoms. The fraction of sp³-hybridized carbons (Fsp3) is 0.562. The molecule has 0 saturated carbocycles. The Hall–Kier alpha value is -2.98. The number of carbonyl (C=O) groups is 2. The molecule has 2 aromatic rings. The molecule has 0 amide bonds. The van der Waals surface area contributed by atoms with Gasteiger partial charge in [-0.15, -0.1) is 0 Å². The molecule has 0 unspecified atom stereocenters. The Labute approximate surface area is 261 Å². The van der Waals surface area contributed by atoms with Crippen LogP contribution in [0.3, 0.4) is 0 Å². The number of esters is 2. The molecule has 13 nitrogen and oxygen atoms in total. The molecule has 2 aromatic carbocycles. The summed E-state index contributed by atoms with van der Waals surface area (Å²) in [6.45, 7) is 2.99. The van der Waals surface area contributed by atoms with E-state index in [-0.39, 0.29) is 13.2 Å². The van der Waals surface area contributed by atoms with Crippen LogP contribution in [0, 0.1) is 0 Å². The lowest BCUT2D eigenvalue weighted by Gasteiger charge is -2.53. The Bertz CT molecular complexity index is 1190. The number of rotatable bonds is 8. The molecule has 13 heteroatoms. The molecule has 4 aliphatic rings. The SMILES string of the molecule is CO[C@H]1O[C@@H]2CO[C@@H](c3ccccc3)O[C@H]2[C@@H](N[C@H]2[C@H](OC(C)=O)[C@@H](OC)O[C@@H]3CO[C@@H](c4ccccc4)O[C@@H]23)[C@@H]1OC(C)=O. The fourth-order valence-corrected chi connectivity index (χ4v) is 6.36. The average Bonchev–Trinajstić information content (AvgIpc) is 3.06. The van der Waals surface area contributed by atoms with E-state index in [4.69, 9.17) is 47.4 Å². The van der Waals surface area contributed by atoms with E-state index in [1.54, 1.807) is 0 Å². The van der Waals surface area contributed by atoms with Crippen molar-refractivity contribution in [2.75, 3.05) is 27.4 Å². The van der Waals surface area contributed by atoms with Gasteiger partial charge < -0.3 is 47.4 Å². The number of carbonyl (C=O) groups excluding carboxylic acids is 2. The summed E-state index contributed by atoms with van der Waals surface area (Å²) in [5.41, 5.74) is 1.63. The number of fused-ring (bicyclic) bond motifs is 2. The molecule has 0 aromatic heterocycles. The van der Waals surface area contributed by atoms with Crippen LogP contribution in [0.4, 0.5) is 0 Å². The predicted molar refractivity (Wildman–Crippen MR) is 153 cm³/mol. The number of hydrogen-bond donors (Lipinski definition) is 1. The van der Waals surface area contributed by atoms with Crippen LogP contribution < -0.4 is 5.32 Å². The van der Waals surface area contributed by atoms with E-state index in [9.17, 15) is 9.59 Å². The highest BCUT2D eigenvalue weighted by molar-refractivity contribution is 5.66. The van der Waals surface area contributed by atoms with Gasteiger partial charge in [0.1, 0.15) is 24.4 Å². The molecule has 4 fully saturated rings. The third-order valence-electron chi connectivity index (χ3n) is 8.29. The van der Waals surface area contributed by atoms with Gasteiger partial charge in [-0.3, -0.25) is 14.9 Å². The molecule has 0 bridgehead atoms. The van der Waals surface area contributed by atoms with Gasteiger partial charge in [-0.25, -0.2) is 0 Å². The maximum Gasteiger partial charge on any atom is 0.303 e. The first-order valence-corrected chi connectivity index (χ1v) is 15.0. The van der Waals surface area contributed by atoms with E-state index >= 15 is 0 Å². The van der Waals surface area contributed by atoms with Crippen LogP contribution in [0.5, 0.6) is 0 Å². The van der Waals surface area contributed by atoms with Crippen LogP contribution in [0.2, 0.25) is 0 Å². The van der Waals surface area contributed by atoms with Gasteiger partial charge in [0, 0.05) is 39.2 Å². The first-order valence-electron chi connectivity index (χ1n) is 15.0. The molecular formula is C32H39NO12. The van der Waals surface area contributed by atoms with Crippen molar-refractivity contribution in [1.82, 2.24) is 5.32 Å². The van der Waals surface area contributed by atoms with Crippen molar-refractivity contribution in [3.63, 3.8) is 0 Å². The van der Waals surface area contributed by atoms with E-state index < -0.39 is 85.8 Å². The van der Waals surface area contributed by atoms with Gasteiger partial charge in [0.05, 0.1) is 25.3 Å². The van der Waals surface area contributed by atoms with E-state index in [2.05, 4.69) is 5.32 Å². The van der Waals surface area contributed by atoms with Gasteiger partial charge in [-0.2, -0.15) is 0 Å². The summed E-state index contributed by atoms with van der Waals surface area (Å²) in [7, 11) is 2.93. The lowest BCUT2D eigenvalue weighted by Crippen LogP contribution is -2.74. The zero-order valence-corrected chi connectivity index (χ0v) is 25.5. The summed E-state index contributed by atoms with van der Waals surface area (Å²) in [5.74, 6) is -1.07. The number of nitrogens with one attached hydrogen (secondary N) is 1. The van der Waals surface area contributed by atoms with Crippen molar-refractivity contribution in [3.8, 4) is 0 Å². The van der Waals surface area contributed by atoms with E-state index in [1.807, 2.05) is 60.7 Å². The lowest BCUT2D eigenvalue weighted by atomic mass is 9.89. The van der Waals surface area contributed by atoms with Crippen LogP contribution in [0.1, 0.15) is 37.6 Å². The maximum atomic E-state index is 12.4. The number of methoxy groups -OCH3 is 2. The number of hydrogen-bond acceptors (Lipinski definition) is 13. The standard InChI is InChI=1S/C32H39NO12/c1-17(34)40-27-23(25-21(42-31(27)36-3)15-38-29(44-25)19-11-7-5-8-12-19)33-24-26-22(43-32(37-4)28(24)41-18(2)35)16-39-30(45-26)20-13-9-6-10-14-20/h5-14,21-33H,15-16H2,1-4H3/t21-,22-,23-,24-,25-,26-,27+,28+,29-,30-,31+,32+/m1/s1. The molecule has 0 aliphatic carbocycles. The topological polar surface area (TPSA) is 138 Å². The Balaban J connectivity index is 1.37. The highest BCUT2D eigenvalue weighted by Crippen LogP contribution is 2.39. The fourth-order valence-electron chi connectivity index (χ4n) is 6.36. The number of benzene rings is 2. The molecular weight excluding hydrogens is 590 g/mol. The summed E-state index contributed by atoms with van der Waals surface area (Å²) in [5, 5.41) is 3.60. The monoisotopic (exact) mass is 629 g/mol. The molecule has 4 saturated heterocycles. The third kappa shape index (κ3) is 6.92. The van der Waals surface area contributed by atoms with Crippen molar-refractivity contribution in [1.29, 1.82) is 0 Å². The zero-order valence-electron chi connectivity index (χ0n) is 25.5. The van der Waals surface area contributed by atoms with Crippen molar-refractivity contribution in [2.45, 2.75) is 87.7 Å². The second-order valence-corrected chi connectivity index (χ2v) is 11.3. The van der Waals surface area contributed by atoms with Crippen LogP contribution in [0.25, 0.3) is 0 Å². The molecule has 6 rings (SSSR count). The molecule has 0 spiro atoms. The summed E-state index contributed by atoms with van der Waals surface area (Å²) in [6.07, 6.45) is -7.82. The normalized spacial score (nSPS) is 38.0. The Kier molecular flexibility index (Phi) is 10.1. The largest absolute Gasteiger partial charge is 0.455 e. The van der Waals surface area contributed by atoms with E-state index in [0.717, 1.165) is 11.1 Å². The average molecular weight is 630 g/mol. The van der Waals surface area contributed by atoms with Gasteiger partial charge in [0.25, 0.3) is 0 Å². The summed E-state index contributed by atoms with van der Waals surface area (Å²) in [4.78, 5) is 24.8. The molecule has 12 atom stereocenters. The molecule has 1 N–H and O–H groups in total. The molecule has 244 valence electrons. The van der Waals surface area contributed by atoms with Crippen molar-refractivity contribution >= 4 is 11.9 Å². The minimum absolute atomic E-state index is 0.184. The number of ether oxygens (including phenoxy) is 10. The third-order valence-corrected chi connectivity index (χ3v) is 8.29. The Morgan fingerprint density at radius 2 is 1.04 bits per heavy atom. The van der Waals surface area contributed by atoms with Crippen molar-refractivity contribution in [3.05, 3.63) is 71.8 Å². The minimum atomic E-state index is -0.965. The van der Waals surface area contributed by atoms with Gasteiger partial charge in [0.15, 0.2) is 37.4 Å². The van der Waals surface area contributed by atoms with Gasteiger partial charge in [0.2, 0.25) is 0 Å². The molecule has 4 aliphatic heterocycles. The van der Waals surface area contributed by atoms with Gasteiger partial charge in [-0.05, 0) is 0 Å². The summed E-state index contributed by atoms with van der Waals surface area (Å²) >= 11 is 0. The van der Waals surface area contributed by atoms with Crippen LogP contribution in [-0.4, -0.2) is 101 Å². The summed E-state index contributed by atoms with van der Waals surface area (Å²) in [6, 6.07) is 17.5. The Morgan fingerprint density at radius 3 is 1.40 bits per heavy atom. The first-order chi connectivity index (χ1) is 21.9. The van der Waals surface area contributed by atoms with E-state index in [0.29, 0.717) is 0 Å². The highest BCUT2D eigenvalue weighted by atomic mass is 16.8. The minimum Gasteiger partial charge on any atom is -0.455 e. The van der Waals surface area contributed by atoms with Crippen LogP contribution in [0.15, 0.2) is 60.7 Å². The smallest absolute Gasteiger partial charge is 0.303 e. The second kappa shape index (κ2) is 14.2. The van der Waals surface area contributed by atoms with Crippen molar-refractivity contribution in [2.24, 2.45) is 0 Å². The first kappa shape index (κ1) is 32.0. The highest BCUT2D eigenvalue weighted by Gasteiger charge is 2.57. The van der Waals surface area contributed by atoms with Crippen LogP contribution in [-0.2, 0) is 57.0 Å². The molecule has 0 radical (unpaired) electrons. The van der Waals surface area contributed by atoms with Gasteiger partial charge in [-0.1, -0.05) is 60.7 Å². The second-order valence-electron chi connectivity index (χ2n) is 11.3. The van der Waals surface area contributed by atoms with Crippen molar-refractivity contribution < 1.29 is 57.0 Å². The lowest BCUT2D eigenvalue weighted by molar-refractivity contribution is -0.355. The van der Waals surface area contributed by atoms with Crippen LogP contribution >= 0.6 is 0 Å². The quantitative estimate of drug-likeness (QED) is 0.427. The van der Waals surface area contributed by atoms with E-state index in [1.165, 1.54) is 28.1 Å². The molecule has 4 heterocycles. The zero-order chi connectivity index (χ0) is 31.5. The summed E-state index contributed by atoms with van der Waals surface area (Å²) < 4.78 is 60.5. The Morgan fingerprint density at radius 1 is 0.644 bits per heavy atom. The van der Waals surface area contributed by atoms with Gasteiger partial charge >= 0.3 is 11.9 Å². The maximum absolute atomic E-state index is 12.4.